The molecule has 1 N–H and O–H groups in total. The summed E-state index contributed by atoms with van der Waals surface area (Å²) >= 11 is 0. The van der Waals surface area contributed by atoms with Gasteiger partial charge in [-0.25, -0.2) is 0 Å². The lowest BCUT2D eigenvalue weighted by Gasteiger charge is -2.35. The lowest BCUT2D eigenvalue weighted by Crippen LogP contribution is -2.44. The quantitative estimate of drug-likeness (QED) is 0.690. The molecule has 1 unspecified atom stereocenters. The molecule has 1 heteroatoms. The van der Waals surface area contributed by atoms with Gasteiger partial charge in [0.05, 0.1) is 0 Å². The standard InChI is InChI=1S/C12H25N/c1-9(2)5-6-11(4)13-12-7-10(3)8-12/h9-13H,5-8H2,1-4H3. The van der Waals surface area contributed by atoms with Crippen LogP contribution in [0.3, 0.4) is 0 Å². The first-order valence-electron chi connectivity index (χ1n) is 5.84. The Morgan fingerprint density at radius 3 is 2.23 bits per heavy atom. The van der Waals surface area contributed by atoms with E-state index >= 15 is 0 Å². The Bertz CT molecular complexity index is 136. The zero-order valence-electron chi connectivity index (χ0n) is 9.64. The summed E-state index contributed by atoms with van der Waals surface area (Å²) < 4.78 is 0. The van der Waals surface area contributed by atoms with E-state index in [1.165, 1.54) is 25.7 Å². The van der Waals surface area contributed by atoms with Gasteiger partial charge >= 0.3 is 0 Å². The van der Waals surface area contributed by atoms with Crippen molar-refractivity contribution in [2.45, 2.75) is 65.5 Å². The Hall–Kier alpha value is -0.0400. The molecule has 1 rings (SSSR count). The van der Waals surface area contributed by atoms with Gasteiger partial charge in [0.2, 0.25) is 0 Å². The van der Waals surface area contributed by atoms with Crippen molar-refractivity contribution < 1.29 is 0 Å². The smallest absolute Gasteiger partial charge is 0.00746 e. The molecule has 1 aliphatic rings. The summed E-state index contributed by atoms with van der Waals surface area (Å²) in [5.74, 6) is 1.82. The third-order valence-corrected chi connectivity index (χ3v) is 3.07. The van der Waals surface area contributed by atoms with E-state index in [4.69, 9.17) is 0 Å². The lowest BCUT2D eigenvalue weighted by atomic mass is 9.81. The molecule has 0 aromatic carbocycles. The highest BCUT2D eigenvalue weighted by molar-refractivity contribution is 4.84. The summed E-state index contributed by atoms with van der Waals surface area (Å²) in [6, 6.07) is 1.55. The first kappa shape index (κ1) is 11.0. The molecule has 0 bridgehead atoms. The fraction of sp³-hybridized carbons (Fsp3) is 1.00. The molecule has 1 fully saturated rings. The van der Waals surface area contributed by atoms with E-state index in [1.54, 1.807) is 0 Å². The molecule has 0 saturated heterocycles. The van der Waals surface area contributed by atoms with Crippen molar-refractivity contribution in [3.05, 3.63) is 0 Å². The Morgan fingerprint density at radius 1 is 1.15 bits per heavy atom. The van der Waals surface area contributed by atoms with E-state index in [2.05, 4.69) is 33.0 Å². The fourth-order valence-electron chi connectivity index (χ4n) is 2.11. The van der Waals surface area contributed by atoms with Gasteiger partial charge < -0.3 is 5.32 Å². The van der Waals surface area contributed by atoms with Crippen molar-refractivity contribution in [2.24, 2.45) is 11.8 Å². The highest BCUT2D eigenvalue weighted by Gasteiger charge is 2.25. The molecule has 0 amide bonds. The van der Waals surface area contributed by atoms with Gasteiger partial charge in [-0.15, -0.1) is 0 Å². The highest BCUT2D eigenvalue weighted by atomic mass is 15.0. The summed E-state index contributed by atoms with van der Waals surface area (Å²) in [4.78, 5) is 0. The molecule has 0 aliphatic heterocycles. The molecule has 0 radical (unpaired) electrons. The summed E-state index contributed by atoms with van der Waals surface area (Å²) in [7, 11) is 0. The first-order chi connectivity index (χ1) is 6.08. The van der Waals surface area contributed by atoms with Crippen LogP contribution in [0.4, 0.5) is 0 Å². The molecule has 0 heterocycles. The second-order valence-electron chi connectivity index (χ2n) is 5.31. The summed E-state index contributed by atoms with van der Waals surface area (Å²) in [5, 5.41) is 3.70. The van der Waals surface area contributed by atoms with Crippen LogP contribution < -0.4 is 5.32 Å². The predicted octanol–water partition coefficient (Wildman–Crippen LogP) is 3.20. The topological polar surface area (TPSA) is 12.0 Å². The summed E-state index contributed by atoms with van der Waals surface area (Å²) in [5.41, 5.74) is 0. The number of rotatable bonds is 5. The van der Waals surface area contributed by atoms with Crippen molar-refractivity contribution in [1.29, 1.82) is 0 Å². The van der Waals surface area contributed by atoms with Gasteiger partial charge in [0.15, 0.2) is 0 Å². The van der Waals surface area contributed by atoms with Gasteiger partial charge in [0.25, 0.3) is 0 Å². The molecule has 0 aromatic heterocycles. The minimum absolute atomic E-state index is 0.722. The fourth-order valence-corrected chi connectivity index (χ4v) is 2.11. The Morgan fingerprint density at radius 2 is 1.77 bits per heavy atom. The van der Waals surface area contributed by atoms with Crippen molar-refractivity contribution in [3.8, 4) is 0 Å². The summed E-state index contributed by atoms with van der Waals surface area (Å²) in [6.45, 7) is 9.28. The number of hydrogen-bond acceptors (Lipinski definition) is 1. The van der Waals surface area contributed by atoms with Gasteiger partial charge in [0, 0.05) is 12.1 Å². The van der Waals surface area contributed by atoms with E-state index in [9.17, 15) is 0 Å². The molecule has 1 atom stereocenters. The maximum absolute atomic E-state index is 3.70. The summed E-state index contributed by atoms with van der Waals surface area (Å²) in [6.07, 6.45) is 5.48. The minimum Gasteiger partial charge on any atom is -0.311 e. The number of nitrogens with one attached hydrogen (secondary N) is 1. The molecule has 78 valence electrons. The van der Waals surface area contributed by atoms with Gasteiger partial charge in [-0.05, 0) is 44.4 Å². The van der Waals surface area contributed by atoms with Crippen LogP contribution in [0.25, 0.3) is 0 Å². The largest absolute Gasteiger partial charge is 0.311 e. The van der Waals surface area contributed by atoms with Crippen molar-refractivity contribution in [1.82, 2.24) is 5.32 Å². The van der Waals surface area contributed by atoms with E-state index in [0.29, 0.717) is 0 Å². The van der Waals surface area contributed by atoms with Gasteiger partial charge in [-0.1, -0.05) is 20.8 Å². The van der Waals surface area contributed by atoms with Crippen LogP contribution >= 0.6 is 0 Å². The molecule has 1 saturated carbocycles. The van der Waals surface area contributed by atoms with Crippen LogP contribution in [0, 0.1) is 11.8 Å². The first-order valence-corrected chi connectivity index (χ1v) is 5.84. The van der Waals surface area contributed by atoms with Crippen LogP contribution in [0.2, 0.25) is 0 Å². The highest BCUT2D eigenvalue weighted by Crippen LogP contribution is 2.26. The monoisotopic (exact) mass is 183 g/mol. The average Bonchev–Trinajstić information content (AvgIpc) is 1.98. The van der Waals surface area contributed by atoms with Crippen LogP contribution in [-0.4, -0.2) is 12.1 Å². The maximum Gasteiger partial charge on any atom is 0.00746 e. The van der Waals surface area contributed by atoms with Crippen molar-refractivity contribution in [2.75, 3.05) is 0 Å². The third kappa shape index (κ3) is 4.12. The van der Waals surface area contributed by atoms with E-state index < -0.39 is 0 Å². The van der Waals surface area contributed by atoms with Gasteiger partial charge in [-0.2, -0.15) is 0 Å². The third-order valence-electron chi connectivity index (χ3n) is 3.07. The zero-order chi connectivity index (χ0) is 9.84. The van der Waals surface area contributed by atoms with E-state index in [-0.39, 0.29) is 0 Å². The molecule has 1 nitrogen and oxygen atoms in total. The Kier molecular flexibility index (Phi) is 4.24. The van der Waals surface area contributed by atoms with Crippen LogP contribution in [0.1, 0.15) is 53.4 Å². The SMILES string of the molecule is CC(C)CCC(C)NC1CC(C)C1. The average molecular weight is 183 g/mol. The van der Waals surface area contributed by atoms with Crippen molar-refractivity contribution in [3.63, 3.8) is 0 Å². The maximum atomic E-state index is 3.70. The second-order valence-corrected chi connectivity index (χ2v) is 5.31. The predicted molar refractivity (Wildman–Crippen MR) is 58.9 cm³/mol. The zero-order valence-corrected chi connectivity index (χ0v) is 9.64. The Balaban J connectivity index is 2.01. The van der Waals surface area contributed by atoms with Crippen molar-refractivity contribution >= 4 is 0 Å². The van der Waals surface area contributed by atoms with E-state index in [0.717, 1.165) is 23.9 Å². The van der Waals surface area contributed by atoms with Crippen LogP contribution in [0.15, 0.2) is 0 Å². The molecular formula is C12H25N. The van der Waals surface area contributed by atoms with Gasteiger partial charge in [0.1, 0.15) is 0 Å². The second kappa shape index (κ2) is 4.99. The lowest BCUT2D eigenvalue weighted by molar-refractivity contribution is 0.220. The van der Waals surface area contributed by atoms with Crippen LogP contribution in [-0.2, 0) is 0 Å². The normalized spacial score (nSPS) is 30.2. The molecular weight excluding hydrogens is 158 g/mol. The molecule has 0 spiro atoms. The molecule has 0 aromatic rings. The number of hydrogen-bond donors (Lipinski definition) is 1. The molecule has 13 heavy (non-hydrogen) atoms. The van der Waals surface area contributed by atoms with Crippen LogP contribution in [0.5, 0.6) is 0 Å². The van der Waals surface area contributed by atoms with E-state index in [1.807, 2.05) is 0 Å². The minimum atomic E-state index is 0.722. The Labute approximate surface area is 83.3 Å². The molecule has 1 aliphatic carbocycles. The van der Waals surface area contributed by atoms with Gasteiger partial charge in [-0.3, -0.25) is 0 Å².